The molecule has 2 aromatic carbocycles. The first-order chi connectivity index (χ1) is 13.7. The molecule has 0 atom stereocenters. The zero-order chi connectivity index (χ0) is 19.5. The van der Waals surface area contributed by atoms with Crippen molar-refractivity contribution in [2.75, 3.05) is 12.4 Å². The van der Waals surface area contributed by atoms with Gasteiger partial charge in [0.25, 0.3) is 11.7 Å². The van der Waals surface area contributed by atoms with E-state index >= 15 is 0 Å². The van der Waals surface area contributed by atoms with E-state index < -0.39 is 4.92 Å². The van der Waals surface area contributed by atoms with Crippen molar-refractivity contribution < 1.29 is 18.5 Å². The largest absolute Gasteiger partial charge is 0.496 e. The third kappa shape index (κ3) is 3.28. The van der Waals surface area contributed by atoms with Crippen LogP contribution in [0, 0.1) is 10.1 Å². The molecule has 2 heterocycles. The summed E-state index contributed by atoms with van der Waals surface area (Å²) >= 11 is 0. The lowest BCUT2D eigenvalue weighted by Crippen LogP contribution is -1.93. The number of nitrogens with one attached hydrogen (secondary N) is 1. The van der Waals surface area contributed by atoms with E-state index in [0.717, 1.165) is 5.56 Å². The van der Waals surface area contributed by atoms with Gasteiger partial charge >= 0.3 is 0 Å². The van der Waals surface area contributed by atoms with E-state index in [1.54, 1.807) is 37.4 Å². The standard InChI is InChI=1S/C19H14N4O5/c1-26-17-8-12(6-7-13(17)15-10-27-11-21-15)22-19-20-9-18(28-19)14-4-2-3-5-16(14)23(24)25/h2-11H,1H3,(H,20,22). The van der Waals surface area contributed by atoms with Gasteiger partial charge < -0.3 is 18.9 Å². The van der Waals surface area contributed by atoms with E-state index in [1.165, 1.54) is 24.9 Å². The van der Waals surface area contributed by atoms with Gasteiger partial charge in [0.1, 0.15) is 17.7 Å². The number of nitro groups is 1. The summed E-state index contributed by atoms with van der Waals surface area (Å²) in [7, 11) is 1.56. The molecular weight excluding hydrogens is 364 g/mol. The lowest BCUT2D eigenvalue weighted by atomic mass is 10.1. The molecule has 9 nitrogen and oxygen atoms in total. The molecule has 140 valence electrons. The first-order valence-corrected chi connectivity index (χ1v) is 8.19. The van der Waals surface area contributed by atoms with Crippen LogP contribution in [0.4, 0.5) is 17.4 Å². The Morgan fingerprint density at radius 1 is 1.14 bits per heavy atom. The van der Waals surface area contributed by atoms with Crippen LogP contribution in [0.5, 0.6) is 5.75 Å². The number of benzene rings is 2. The first-order valence-electron chi connectivity index (χ1n) is 8.19. The van der Waals surface area contributed by atoms with Gasteiger partial charge in [-0.2, -0.15) is 0 Å². The summed E-state index contributed by atoms with van der Waals surface area (Å²) in [5.74, 6) is 0.880. The van der Waals surface area contributed by atoms with Crippen molar-refractivity contribution >= 4 is 17.4 Å². The van der Waals surface area contributed by atoms with Crippen molar-refractivity contribution in [2.24, 2.45) is 0 Å². The molecule has 0 unspecified atom stereocenters. The van der Waals surface area contributed by atoms with Crippen LogP contribution in [0.25, 0.3) is 22.6 Å². The van der Waals surface area contributed by atoms with Crippen molar-refractivity contribution in [1.82, 2.24) is 9.97 Å². The average Bonchev–Trinajstić information content (AvgIpc) is 3.40. The molecule has 0 radical (unpaired) electrons. The van der Waals surface area contributed by atoms with Crippen LogP contribution < -0.4 is 10.1 Å². The van der Waals surface area contributed by atoms with E-state index in [2.05, 4.69) is 15.3 Å². The predicted molar refractivity (Wildman–Crippen MR) is 100 cm³/mol. The molecule has 0 amide bonds. The highest BCUT2D eigenvalue weighted by atomic mass is 16.6. The maximum Gasteiger partial charge on any atom is 0.299 e. The quantitative estimate of drug-likeness (QED) is 0.380. The number of nitrogens with zero attached hydrogens (tertiary/aromatic N) is 3. The number of aromatic nitrogens is 2. The zero-order valence-electron chi connectivity index (χ0n) is 14.7. The Morgan fingerprint density at radius 3 is 2.75 bits per heavy atom. The molecule has 4 aromatic rings. The van der Waals surface area contributed by atoms with Crippen molar-refractivity contribution in [1.29, 1.82) is 0 Å². The summed E-state index contributed by atoms with van der Waals surface area (Å²) in [5.41, 5.74) is 2.39. The Bertz CT molecular complexity index is 1120. The van der Waals surface area contributed by atoms with Crippen LogP contribution in [-0.2, 0) is 0 Å². The van der Waals surface area contributed by atoms with Crippen molar-refractivity contribution in [2.45, 2.75) is 0 Å². The molecule has 0 saturated heterocycles. The van der Waals surface area contributed by atoms with E-state index in [0.29, 0.717) is 28.5 Å². The molecule has 2 aromatic heterocycles. The molecule has 28 heavy (non-hydrogen) atoms. The highest BCUT2D eigenvalue weighted by Crippen LogP contribution is 2.34. The summed E-state index contributed by atoms with van der Waals surface area (Å²) < 4.78 is 16.1. The van der Waals surface area contributed by atoms with Crippen LogP contribution in [0.3, 0.4) is 0 Å². The van der Waals surface area contributed by atoms with Gasteiger partial charge in [-0.15, -0.1) is 0 Å². The molecule has 0 bridgehead atoms. The third-order valence-corrected chi connectivity index (χ3v) is 4.03. The second kappa shape index (κ2) is 7.23. The first kappa shape index (κ1) is 17.3. The van der Waals surface area contributed by atoms with Crippen LogP contribution >= 0.6 is 0 Å². The minimum absolute atomic E-state index is 0.0520. The lowest BCUT2D eigenvalue weighted by Gasteiger charge is -2.09. The molecular formula is C19H14N4O5. The van der Waals surface area contributed by atoms with Gasteiger partial charge in [-0.05, 0) is 18.2 Å². The molecule has 0 aliphatic carbocycles. The van der Waals surface area contributed by atoms with Gasteiger partial charge in [-0.3, -0.25) is 10.1 Å². The minimum atomic E-state index is -0.460. The SMILES string of the molecule is COc1cc(Nc2ncc(-c3ccccc3[N+](=O)[O-])o2)ccc1-c1cocn1. The highest BCUT2D eigenvalue weighted by Gasteiger charge is 2.18. The molecule has 9 heteroatoms. The number of hydrogen-bond donors (Lipinski definition) is 1. The summed E-state index contributed by atoms with van der Waals surface area (Å²) in [6.45, 7) is 0. The minimum Gasteiger partial charge on any atom is -0.496 e. The fraction of sp³-hybridized carbons (Fsp3) is 0.0526. The third-order valence-electron chi connectivity index (χ3n) is 4.03. The summed E-state index contributed by atoms with van der Waals surface area (Å²) in [6, 6.07) is 11.9. The Morgan fingerprint density at radius 2 is 2.00 bits per heavy atom. The number of nitro benzene ring substituents is 1. The molecule has 0 saturated carbocycles. The zero-order valence-corrected chi connectivity index (χ0v) is 14.7. The van der Waals surface area contributed by atoms with Crippen molar-refractivity contribution in [3.63, 3.8) is 0 Å². The van der Waals surface area contributed by atoms with Gasteiger partial charge in [0.15, 0.2) is 12.2 Å². The molecule has 0 aliphatic heterocycles. The van der Waals surface area contributed by atoms with Crippen LogP contribution in [0.1, 0.15) is 0 Å². The van der Waals surface area contributed by atoms with E-state index in [1.807, 2.05) is 6.07 Å². The highest BCUT2D eigenvalue weighted by molar-refractivity contribution is 5.72. The molecule has 1 N–H and O–H groups in total. The Kier molecular flexibility index (Phi) is 4.47. The summed E-state index contributed by atoms with van der Waals surface area (Å²) in [6.07, 6.45) is 4.31. The van der Waals surface area contributed by atoms with Gasteiger partial charge in [-0.1, -0.05) is 12.1 Å². The monoisotopic (exact) mass is 378 g/mol. The number of para-hydroxylation sites is 1. The van der Waals surface area contributed by atoms with E-state index in [9.17, 15) is 10.1 Å². The van der Waals surface area contributed by atoms with Crippen molar-refractivity contribution in [3.05, 3.63) is 71.4 Å². The van der Waals surface area contributed by atoms with Crippen LogP contribution in [0.15, 0.2) is 70.2 Å². The molecule has 4 rings (SSSR count). The number of rotatable bonds is 6. The van der Waals surface area contributed by atoms with Gasteiger partial charge in [0.05, 0.1) is 23.8 Å². The maximum atomic E-state index is 11.2. The number of ether oxygens (including phenoxy) is 1. The number of oxazole rings is 2. The maximum absolute atomic E-state index is 11.2. The molecule has 0 aliphatic rings. The lowest BCUT2D eigenvalue weighted by molar-refractivity contribution is -0.384. The normalized spacial score (nSPS) is 10.6. The molecule has 0 fully saturated rings. The molecule has 0 spiro atoms. The number of methoxy groups -OCH3 is 1. The van der Waals surface area contributed by atoms with Crippen LogP contribution in [0.2, 0.25) is 0 Å². The summed E-state index contributed by atoms with van der Waals surface area (Å²) in [5, 5.41) is 14.2. The van der Waals surface area contributed by atoms with Gasteiger partial charge in [0.2, 0.25) is 0 Å². The fourth-order valence-corrected chi connectivity index (χ4v) is 2.75. The second-order valence-electron chi connectivity index (χ2n) is 5.72. The number of hydrogen-bond acceptors (Lipinski definition) is 8. The average molecular weight is 378 g/mol. The topological polar surface area (TPSA) is 116 Å². The van der Waals surface area contributed by atoms with Crippen LogP contribution in [-0.4, -0.2) is 22.0 Å². The van der Waals surface area contributed by atoms with Gasteiger partial charge in [0, 0.05) is 23.4 Å². The van der Waals surface area contributed by atoms with Gasteiger partial charge in [-0.25, -0.2) is 9.97 Å². The number of anilines is 2. The predicted octanol–water partition coefficient (Wildman–Crippen LogP) is 4.66. The van der Waals surface area contributed by atoms with E-state index in [-0.39, 0.29) is 11.7 Å². The Hall–Kier alpha value is -4.14. The Balaban J connectivity index is 1.60. The fourth-order valence-electron chi connectivity index (χ4n) is 2.75. The second-order valence-corrected chi connectivity index (χ2v) is 5.72. The smallest absolute Gasteiger partial charge is 0.299 e. The Labute approximate surface area is 158 Å². The van der Waals surface area contributed by atoms with Crippen molar-refractivity contribution in [3.8, 4) is 28.3 Å². The van der Waals surface area contributed by atoms with E-state index in [4.69, 9.17) is 13.6 Å². The summed E-state index contributed by atoms with van der Waals surface area (Å²) in [4.78, 5) is 19.0.